The number of rotatable bonds is 1. The molecule has 1 aromatic heterocycles. The highest BCUT2D eigenvalue weighted by atomic mass is 79.9. The third-order valence-electron chi connectivity index (χ3n) is 0.983. The zero-order valence-electron chi connectivity index (χ0n) is 4.70. The second kappa shape index (κ2) is 3.18. The zero-order valence-corrected chi connectivity index (χ0v) is 7.04. The smallest absolute Gasteiger partial charge is 0.194 e. The first-order valence-corrected chi connectivity index (χ1v) is 3.88. The number of aromatic nitrogens is 1. The average Bonchev–Trinajstić information content (AvgIpc) is 1.90. The van der Waals surface area contributed by atoms with Crippen LogP contribution in [0.15, 0.2) is 22.8 Å². The van der Waals surface area contributed by atoms with Gasteiger partial charge in [-0.3, -0.25) is 0 Å². The minimum Gasteiger partial charge on any atom is -0.213 e. The summed E-state index contributed by atoms with van der Waals surface area (Å²) in [6, 6.07) is 3.89. The van der Waals surface area contributed by atoms with Crippen molar-refractivity contribution in [1.82, 2.24) is 0 Å². The Morgan fingerprint density at radius 1 is 1.56 bits per heavy atom. The van der Waals surface area contributed by atoms with Gasteiger partial charge in [0.05, 0.1) is 4.47 Å². The van der Waals surface area contributed by atoms with Crippen LogP contribution in [0.5, 0.6) is 0 Å². The molecule has 0 atom stereocenters. The van der Waals surface area contributed by atoms with Crippen molar-refractivity contribution >= 4 is 27.5 Å². The van der Waals surface area contributed by atoms with Gasteiger partial charge in [0.1, 0.15) is 5.88 Å². The number of hydrogen-bond acceptors (Lipinski definition) is 0. The summed E-state index contributed by atoms with van der Waals surface area (Å²) in [4.78, 5) is 3.01. The maximum Gasteiger partial charge on any atom is 0.194 e. The molecule has 0 amide bonds. The number of nitrogens with one attached hydrogen (secondary N) is 1. The molecule has 0 spiro atoms. The van der Waals surface area contributed by atoms with Crippen LogP contribution in [0.25, 0.3) is 0 Å². The van der Waals surface area contributed by atoms with Crippen LogP contribution in [0, 0.1) is 0 Å². The van der Waals surface area contributed by atoms with Crippen LogP contribution < -0.4 is 4.98 Å². The van der Waals surface area contributed by atoms with Gasteiger partial charge in [0.15, 0.2) is 11.9 Å². The summed E-state index contributed by atoms with van der Waals surface area (Å²) in [5.41, 5.74) is 1.03. The maximum atomic E-state index is 5.53. The van der Waals surface area contributed by atoms with E-state index in [4.69, 9.17) is 11.6 Å². The Hall–Kier alpha value is -0.0800. The third kappa shape index (κ3) is 1.95. The van der Waals surface area contributed by atoms with E-state index in [-0.39, 0.29) is 0 Å². The van der Waals surface area contributed by atoms with Crippen molar-refractivity contribution in [3.05, 3.63) is 28.5 Å². The molecule has 48 valence electrons. The zero-order chi connectivity index (χ0) is 6.69. The summed E-state index contributed by atoms with van der Waals surface area (Å²) < 4.78 is 1.04. The van der Waals surface area contributed by atoms with E-state index >= 15 is 0 Å². The van der Waals surface area contributed by atoms with Gasteiger partial charge >= 0.3 is 0 Å². The number of aromatic amines is 1. The lowest BCUT2D eigenvalue weighted by atomic mass is 10.4. The van der Waals surface area contributed by atoms with E-state index < -0.39 is 0 Å². The van der Waals surface area contributed by atoms with E-state index in [9.17, 15) is 0 Å². The Balaban J connectivity index is 2.88. The molecule has 0 saturated heterocycles. The SMILES string of the molecule is ClCc1ccc(Br)c[nH+]1. The summed E-state index contributed by atoms with van der Waals surface area (Å²) in [5, 5.41) is 0. The Morgan fingerprint density at radius 2 is 2.33 bits per heavy atom. The predicted molar refractivity (Wildman–Crippen MR) is 40.3 cm³/mol. The number of pyridine rings is 1. The first-order chi connectivity index (χ1) is 4.33. The van der Waals surface area contributed by atoms with Crippen LogP contribution in [-0.2, 0) is 5.88 Å². The molecule has 3 heteroatoms. The highest BCUT2D eigenvalue weighted by Gasteiger charge is 1.96. The first kappa shape index (κ1) is 7.03. The Labute approximate surface area is 67.2 Å². The lowest BCUT2D eigenvalue weighted by Gasteiger charge is -1.84. The molecule has 0 fully saturated rings. The molecule has 0 aliphatic heterocycles. The first-order valence-electron chi connectivity index (χ1n) is 2.55. The summed E-state index contributed by atoms with van der Waals surface area (Å²) >= 11 is 8.83. The topological polar surface area (TPSA) is 14.1 Å². The van der Waals surface area contributed by atoms with Crippen molar-refractivity contribution in [3.8, 4) is 0 Å². The molecule has 0 unspecified atom stereocenters. The summed E-state index contributed by atoms with van der Waals surface area (Å²) in [6.07, 6.45) is 1.86. The molecule has 0 bridgehead atoms. The van der Waals surface area contributed by atoms with Crippen molar-refractivity contribution in [3.63, 3.8) is 0 Å². The summed E-state index contributed by atoms with van der Waals surface area (Å²) in [7, 11) is 0. The Morgan fingerprint density at radius 3 is 2.78 bits per heavy atom. The molecule has 0 radical (unpaired) electrons. The molecule has 1 N–H and O–H groups in total. The summed E-state index contributed by atoms with van der Waals surface area (Å²) in [6.45, 7) is 0. The molecule has 0 aliphatic rings. The van der Waals surface area contributed by atoms with Crippen LogP contribution in [0.2, 0.25) is 0 Å². The second-order valence-electron chi connectivity index (χ2n) is 1.67. The van der Waals surface area contributed by atoms with Gasteiger partial charge in [-0.2, -0.15) is 0 Å². The van der Waals surface area contributed by atoms with Crippen LogP contribution in [0.1, 0.15) is 5.69 Å². The standard InChI is InChI=1S/C6H5BrClN/c7-5-1-2-6(3-8)9-4-5/h1-2,4H,3H2/p+1. The lowest BCUT2D eigenvalue weighted by Crippen LogP contribution is -2.07. The molecule has 1 rings (SSSR count). The van der Waals surface area contributed by atoms with Crippen molar-refractivity contribution in [2.45, 2.75) is 5.88 Å². The van der Waals surface area contributed by atoms with Gasteiger partial charge in [-0.05, 0) is 22.0 Å². The Kier molecular flexibility index (Phi) is 2.49. The number of halogens is 2. The van der Waals surface area contributed by atoms with E-state index in [0.29, 0.717) is 5.88 Å². The van der Waals surface area contributed by atoms with Gasteiger partial charge in [0.25, 0.3) is 0 Å². The molecule has 0 saturated carbocycles. The van der Waals surface area contributed by atoms with Crippen molar-refractivity contribution in [2.75, 3.05) is 0 Å². The van der Waals surface area contributed by atoms with Gasteiger partial charge < -0.3 is 0 Å². The second-order valence-corrected chi connectivity index (χ2v) is 2.85. The molecular weight excluding hydrogens is 201 g/mol. The van der Waals surface area contributed by atoms with Gasteiger partial charge in [0, 0.05) is 6.07 Å². The molecule has 0 aromatic carbocycles. The molecular formula is C6H6BrClN+. The number of hydrogen-bond donors (Lipinski definition) is 0. The van der Waals surface area contributed by atoms with E-state index in [0.717, 1.165) is 10.2 Å². The van der Waals surface area contributed by atoms with Crippen LogP contribution >= 0.6 is 27.5 Å². The number of H-pyrrole nitrogens is 1. The van der Waals surface area contributed by atoms with Gasteiger partial charge in [-0.15, -0.1) is 11.6 Å². The van der Waals surface area contributed by atoms with Gasteiger partial charge in [-0.25, -0.2) is 4.98 Å². The minimum absolute atomic E-state index is 0.535. The normalized spacial score (nSPS) is 9.56. The largest absolute Gasteiger partial charge is 0.213 e. The van der Waals surface area contributed by atoms with Gasteiger partial charge in [0.2, 0.25) is 0 Å². The van der Waals surface area contributed by atoms with Crippen LogP contribution in [0.3, 0.4) is 0 Å². The van der Waals surface area contributed by atoms with E-state index in [1.54, 1.807) is 0 Å². The van der Waals surface area contributed by atoms with Crippen LogP contribution in [0.4, 0.5) is 0 Å². The number of alkyl halides is 1. The highest BCUT2D eigenvalue weighted by Crippen LogP contribution is 2.05. The van der Waals surface area contributed by atoms with E-state index in [1.165, 1.54) is 0 Å². The summed E-state index contributed by atoms with van der Waals surface area (Å²) in [5.74, 6) is 0.535. The van der Waals surface area contributed by atoms with Crippen molar-refractivity contribution in [2.24, 2.45) is 0 Å². The quantitative estimate of drug-likeness (QED) is 0.626. The van der Waals surface area contributed by atoms with Crippen molar-refractivity contribution in [1.29, 1.82) is 0 Å². The average molecular weight is 207 g/mol. The van der Waals surface area contributed by atoms with Crippen LogP contribution in [-0.4, -0.2) is 0 Å². The predicted octanol–water partition coefficient (Wildman–Crippen LogP) is 2.00. The molecule has 0 aliphatic carbocycles. The van der Waals surface area contributed by atoms with Crippen molar-refractivity contribution < 1.29 is 4.98 Å². The lowest BCUT2D eigenvalue weighted by molar-refractivity contribution is -0.389. The monoisotopic (exact) mass is 206 g/mol. The van der Waals surface area contributed by atoms with E-state index in [2.05, 4.69) is 20.9 Å². The molecule has 1 aromatic rings. The fraction of sp³-hybridized carbons (Fsp3) is 0.167. The fourth-order valence-corrected chi connectivity index (χ4v) is 0.934. The Bertz CT molecular complexity index is 185. The van der Waals surface area contributed by atoms with Gasteiger partial charge in [-0.1, -0.05) is 0 Å². The molecule has 1 heterocycles. The molecule has 9 heavy (non-hydrogen) atoms. The molecule has 1 nitrogen and oxygen atoms in total. The van der Waals surface area contributed by atoms with E-state index in [1.807, 2.05) is 18.3 Å². The fourth-order valence-electron chi connectivity index (χ4n) is 0.521. The highest BCUT2D eigenvalue weighted by molar-refractivity contribution is 9.10. The maximum absolute atomic E-state index is 5.53. The minimum atomic E-state index is 0.535. The third-order valence-corrected chi connectivity index (χ3v) is 1.76.